The number of esters is 1. The molecule has 0 unspecified atom stereocenters. The third kappa shape index (κ3) is 8.42. The number of aromatic amines is 2. The van der Waals surface area contributed by atoms with Gasteiger partial charge in [-0.05, 0) is 94.8 Å². The van der Waals surface area contributed by atoms with Gasteiger partial charge in [-0.15, -0.1) is 0 Å². The maximum Gasteiger partial charge on any atom is 0.407 e. The summed E-state index contributed by atoms with van der Waals surface area (Å²) in [6.07, 6.45) is 3.36. The van der Waals surface area contributed by atoms with Gasteiger partial charge in [-0.2, -0.15) is 0 Å². The van der Waals surface area contributed by atoms with Gasteiger partial charge in [-0.3, -0.25) is 14.4 Å². The van der Waals surface area contributed by atoms with Crippen LogP contribution >= 0.6 is 0 Å². The van der Waals surface area contributed by atoms with Gasteiger partial charge in [0.25, 0.3) is 0 Å². The molecule has 5 aromatic carbocycles. The summed E-state index contributed by atoms with van der Waals surface area (Å²) in [5.41, 5.74) is 7.40. The number of hydrogen-bond donors (Lipinski definition) is 3. The van der Waals surface area contributed by atoms with Crippen molar-refractivity contribution in [2.75, 3.05) is 34.5 Å². The fourth-order valence-electron chi connectivity index (χ4n) is 10.8. The van der Waals surface area contributed by atoms with Crippen molar-refractivity contribution in [2.24, 2.45) is 11.8 Å². The number of aromatic nitrogens is 4. The average Bonchev–Trinajstić information content (AvgIpc) is 4.20. The lowest BCUT2D eigenvalue weighted by molar-refractivity contribution is -0.145. The Labute approximate surface area is 399 Å². The summed E-state index contributed by atoms with van der Waals surface area (Å²) < 4.78 is 21.9. The first-order chi connectivity index (χ1) is 33.4. The van der Waals surface area contributed by atoms with Crippen LogP contribution < -0.4 is 10.1 Å². The van der Waals surface area contributed by atoms with Crippen molar-refractivity contribution in [3.05, 3.63) is 114 Å². The number of amides is 3. The van der Waals surface area contributed by atoms with E-state index in [1.165, 1.54) is 14.2 Å². The Bertz CT molecular complexity index is 3110. The van der Waals surface area contributed by atoms with Gasteiger partial charge < -0.3 is 44.0 Å². The maximum absolute atomic E-state index is 14.4. The van der Waals surface area contributed by atoms with Crippen LogP contribution in [0.15, 0.2) is 91.1 Å². The van der Waals surface area contributed by atoms with Crippen LogP contribution in [0.2, 0.25) is 0 Å². The van der Waals surface area contributed by atoms with Crippen LogP contribution in [0, 0.1) is 11.8 Å². The molecule has 356 valence electrons. The monoisotopic (exact) mass is 931 g/mol. The second kappa shape index (κ2) is 18.7. The number of nitrogens with one attached hydrogen (secondary N) is 3. The lowest BCUT2D eigenvalue weighted by atomic mass is 9.91. The number of carbonyl (C=O) groups excluding carboxylic acids is 4. The van der Waals surface area contributed by atoms with E-state index in [9.17, 15) is 19.2 Å². The van der Waals surface area contributed by atoms with E-state index in [1.54, 1.807) is 7.11 Å². The number of imidazole rings is 2. The smallest absolute Gasteiger partial charge is 0.407 e. The summed E-state index contributed by atoms with van der Waals surface area (Å²) >= 11 is 0. The molecule has 2 fully saturated rings. The highest BCUT2D eigenvalue weighted by Crippen LogP contribution is 2.45. The van der Waals surface area contributed by atoms with E-state index < -0.39 is 24.0 Å². The molecule has 0 bridgehead atoms. The summed E-state index contributed by atoms with van der Waals surface area (Å²) in [6, 6.07) is 27.1. The molecular formula is C54H57N7O8. The molecule has 5 heterocycles. The molecular weight excluding hydrogens is 875 g/mol. The number of nitrogens with zero attached hydrogens (tertiary/aromatic N) is 4. The second-order valence-electron chi connectivity index (χ2n) is 19.0. The molecule has 0 aliphatic carbocycles. The van der Waals surface area contributed by atoms with Crippen molar-refractivity contribution in [1.82, 2.24) is 35.1 Å². The zero-order valence-corrected chi connectivity index (χ0v) is 39.7. The van der Waals surface area contributed by atoms with Crippen molar-refractivity contribution >= 4 is 56.5 Å². The van der Waals surface area contributed by atoms with Gasteiger partial charge in [0.1, 0.15) is 30.0 Å². The number of alkyl carbamates (subject to hydrolysis) is 1. The molecule has 3 aliphatic rings. The molecule has 0 spiro atoms. The lowest BCUT2D eigenvalue weighted by Crippen LogP contribution is -2.52. The van der Waals surface area contributed by atoms with E-state index >= 15 is 0 Å². The summed E-state index contributed by atoms with van der Waals surface area (Å²) in [4.78, 5) is 74.0. The Hall–Kier alpha value is -7.26. The van der Waals surface area contributed by atoms with Crippen LogP contribution in [-0.2, 0) is 35.2 Å². The topological polar surface area (TPSA) is 181 Å². The number of ether oxygens (including phenoxy) is 4. The number of hydrogen-bond acceptors (Lipinski definition) is 10. The highest BCUT2D eigenvalue weighted by atomic mass is 16.5. The van der Waals surface area contributed by atoms with Gasteiger partial charge in [0.05, 0.1) is 68.2 Å². The summed E-state index contributed by atoms with van der Waals surface area (Å²) in [5.74, 6) is 0.726. The molecule has 3 N–H and O–H groups in total. The van der Waals surface area contributed by atoms with Crippen molar-refractivity contribution in [1.29, 1.82) is 0 Å². The first kappa shape index (κ1) is 45.5. The molecule has 6 atom stereocenters. The highest BCUT2D eigenvalue weighted by molar-refractivity contribution is 6.16. The van der Waals surface area contributed by atoms with E-state index in [1.807, 2.05) is 67.1 Å². The Kier molecular flexibility index (Phi) is 12.3. The van der Waals surface area contributed by atoms with E-state index in [0.29, 0.717) is 32.0 Å². The van der Waals surface area contributed by atoms with Crippen molar-refractivity contribution in [3.8, 4) is 28.1 Å². The van der Waals surface area contributed by atoms with E-state index in [4.69, 9.17) is 28.9 Å². The SMILES string of the molecule is COC[C@H]1C[C@@H](c2ncc(-c3ccc4c(c3)COc3cc5c(ccc6c5ccc5[nH]c([C@@H]7CC[C@H](C)N7C(=O)[C@@H](NC(=O)OC)C(C)C)nc56)cc3-4)[nH]2)N(C(=O)[C@H](CC(=O)OC)c2ccccc2)C1. The molecule has 2 saturated heterocycles. The normalized spacial score (nSPS) is 19.6. The quantitative estimate of drug-likeness (QED) is 0.0790. The molecule has 69 heavy (non-hydrogen) atoms. The largest absolute Gasteiger partial charge is 0.488 e. The third-order valence-electron chi connectivity index (χ3n) is 14.4. The number of rotatable bonds is 12. The highest BCUT2D eigenvalue weighted by Gasteiger charge is 2.43. The van der Waals surface area contributed by atoms with Gasteiger partial charge in [-0.1, -0.05) is 74.5 Å². The number of methoxy groups -OCH3 is 3. The Balaban J connectivity index is 0.916. The van der Waals surface area contributed by atoms with E-state index in [2.05, 4.69) is 69.9 Å². The minimum Gasteiger partial charge on any atom is -0.488 e. The number of likely N-dealkylation sites (tertiary alicyclic amines) is 2. The summed E-state index contributed by atoms with van der Waals surface area (Å²) in [6.45, 7) is 7.23. The van der Waals surface area contributed by atoms with E-state index in [-0.39, 0.29) is 48.2 Å². The van der Waals surface area contributed by atoms with Gasteiger partial charge in [0, 0.05) is 36.6 Å². The van der Waals surface area contributed by atoms with Crippen LogP contribution in [0.3, 0.4) is 0 Å². The number of carbonyl (C=O) groups is 4. The van der Waals surface area contributed by atoms with Crippen LogP contribution in [0.4, 0.5) is 4.79 Å². The third-order valence-corrected chi connectivity index (χ3v) is 14.4. The number of benzene rings is 5. The van der Waals surface area contributed by atoms with Gasteiger partial charge >= 0.3 is 12.1 Å². The van der Waals surface area contributed by atoms with Crippen molar-refractivity contribution < 1.29 is 38.1 Å². The Morgan fingerprint density at radius 3 is 2.42 bits per heavy atom. The first-order valence-corrected chi connectivity index (χ1v) is 23.7. The molecule has 15 nitrogen and oxygen atoms in total. The zero-order chi connectivity index (χ0) is 48.1. The second-order valence-corrected chi connectivity index (χ2v) is 19.0. The average molecular weight is 932 g/mol. The molecule has 7 aromatic rings. The first-order valence-electron chi connectivity index (χ1n) is 23.7. The fraction of sp³-hybridized carbons (Fsp3) is 0.370. The molecule has 3 amide bonds. The minimum atomic E-state index is -0.728. The van der Waals surface area contributed by atoms with Gasteiger partial charge in [0.15, 0.2) is 0 Å². The molecule has 15 heteroatoms. The van der Waals surface area contributed by atoms with Gasteiger partial charge in [-0.25, -0.2) is 14.8 Å². The molecule has 0 radical (unpaired) electrons. The maximum atomic E-state index is 14.4. The zero-order valence-electron chi connectivity index (χ0n) is 39.7. The fourth-order valence-corrected chi connectivity index (χ4v) is 10.8. The van der Waals surface area contributed by atoms with Gasteiger partial charge in [0.2, 0.25) is 11.8 Å². The predicted octanol–water partition coefficient (Wildman–Crippen LogP) is 9.13. The lowest BCUT2D eigenvalue weighted by Gasteiger charge is -2.32. The molecule has 0 saturated carbocycles. The number of H-pyrrole nitrogens is 2. The van der Waals surface area contributed by atoms with Crippen LogP contribution in [-0.4, -0.2) is 100 Å². The minimum absolute atomic E-state index is 0.0271. The van der Waals surface area contributed by atoms with Crippen molar-refractivity contribution in [3.63, 3.8) is 0 Å². The molecule has 2 aromatic heterocycles. The Morgan fingerprint density at radius 2 is 1.65 bits per heavy atom. The summed E-state index contributed by atoms with van der Waals surface area (Å²) in [5, 5.41) is 6.91. The molecule has 10 rings (SSSR count). The van der Waals surface area contributed by atoms with Crippen LogP contribution in [0.1, 0.15) is 87.2 Å². The number of fused-ring (bicyclic) bond motifs is 8. The van der Waals surface area contributed by atoms with E-state index in [0.717, 1.165) is 90.5 Å². The Morgan fingerprint density at radius 1 is 0.841 bits per heavy atom. The van der Waals surface area contributed by atoms with Crippen LogP contribution in [0.5, 0.6) is 5.75 Å². The molecule has 3 aliphatic heterocycles. The standard InChI is InChI=1S/C54H57N7O8/c1-29(2)48(59-54(65)68-6)53(64)61-30(3)12-19-44(61)51-56-42-18-17-37-38(49(42)58-51)16-13-33-22-41-36-15-14-34(21-35(36)28-69-46(41)23-39(33)37)43-25-55-50(57-43)45-20-31(27-66-4)26-60(45)52(63)40(24-47(62)67-5)32-10-8-7-9-11-32/h7-11,13-18,21-23,25,29-31,40,44-45,48H,12,19-20,24,26-28H2,1-6H3,(H,55,57)(H,56,58)(H,59,65)/t30-,31-,40+,44-,45-,48-/m0/s1. The summed E-state index contributed by atoms with van der Waals surface area (Å²) in [7, 11) is 4.31. The predicted molar refractivity (Wildman–Crippen MR) is 261 cm³/mol. The van der Waals surface area contributed by atoms with Crippen molar-refractivity contribution in [2.45, 2.75) is 83.1 Å². The van der Waals surface area contributed by atoms with Crippen LogP contribution in [0.25, 0.3) is 55.0 Å².